The Bertz CT molecular complexity index is 876. The number of piperazine rings is 1. The van der Waals surface area contributed by atoms with Gasteiger partial charge in [0.2, 0.25) is 0 Å². The minimum atomic E-state index is -1.52. The van der Waals surface area contributed by atoms with Gasteiger partial charge in [0, 0.05) is 48.1 Å². The van der Waals surface area contributed by atoms with Gasteiger partial charge in [-0.05, 0) is 25.1 Å². The highest BCUT2D eigenvalue weighted by Gasteiger charge is 2.25. The third-order valence-corrected chi connectivity index (χ3v) is 6.12. The van der Waals surface area contributed by atoms with E-state index in [0.717, 1.165) is 44.2 Å². The Hall–Kier alpha value is -1.86. The molecule has 0 spiro atoms. The second-order valence-corrected chi connectivity index (χ2v) is 8.20. The van der Waals surface area contributed by atoms with E-state index in [1.807, 2.05) is 6.07 Å². The van der Waals surface area contributed by atoms with Crippen molar-refractivity contribution in [3.63, 3.8) is 0 Å². The molecule has 0 aliphatic carbocycles. The molecule has 2 aromatic rings. The maximum absolute atomic E-state index is 9.41. The van der Waals surface area contributed by atoms with Crippen LogP contribution in [0.3, 0.4) is 0 Å². The maximum atomic E-state index is 9.41. The number of aliphatic hydroxyl groups is 1. The van der Waals surface area contributed by atoms with Gasteiger partial charge in [-0.3, -0.25) is 4.90 Å². The monoisotopic (exact) mass is 398 g/mol. The van der Waals surface area contributed by atoms with Gasteiger partial charge in [-0.1, -0.05) is 42.1 Å². The molecule has 1 fully saturated rings. The lowest BCUT2D eigenvalue weighted by molar-refractivity contribution is 0.0313. The summed E-state index contributed by atoms with van der Waals surface area (Å²) < 4.78 is 12.8. The first-order valence-corrected chi connectivity index (χ1v) is 10.5. The Morgan fingerprint density at radius 1 is 1.11 bits per heavy atom. The molecule has 5 nitrogen and oxygen atoms in total. The van der Waals surface area contributed by atoms with E-state index in [4.69, 9.17) is 11.1 Å². The van der Waals surface area contributed by atoms with Gasteiger partial charge in [-0.2, -0.15) is 0 Å². The smallest absolute Gasteiger partial charge is 0.137 e. The number of fused-ring (bicyclic) bond motifs is 2. The number of rotatable bonds is 5. The second kappa shape index (κ2) is 9.09. The average Bonchev–Trinajstić information content (AvgIpc) is 2.88. The molecule has 4 rings (SSSR count). The van der Waals surface area contributed by atoms with Crippen LogP contribution in [-0.2, 0) is 4.74 Å². The van der Waals surface area contributed by atoms with Crippen LogP contribution in [0.5, 0.6) is 0 Å². The quantitative estimate of drug-likeness (QED) is 0.784. The highest BCUT2D eigenvalue weighted by molar-refractivity contribution is 7.99. The summed E-state index contributed by atoms with van der Waals surface area (Å²) in [6.07, 6.45) is -1.52. The van der Waals surface area contributed by atoms with Crippen LogP contribution in [0.4, 0.5) is 5.69 Å². The van der Waals surface area contributed by atoms with Gasteiger partial charge in [0.15, 0.2) is 0 Å². The lowest BCUT2D eigenvalue weighted by Gasteiger charge is -2.36. The molecule has 0 saturated carbocycles. The van der Waals surface area contributed by atoms with Gasteiger partial charge in [0.25, 0.3) is 0 Å². The van der Waals surface area contributed by atoms with Crippen molar-refractivity contribution in [2.75, 3.05) is 45.9 Å². The lowest BCUT2D eigenvalue weighted by Crippen LogP contribution is -2.49. The highest BCUT2D eigenvalue weighted by atomic mass is 32.2. The number of para-hydroxylation sites is 1. The van der Waals surface area contributed by atoms with Crippen LogP contribution < -0.4 is 0 Å². The standard InChI is InChI=1S/C22H27N3O2S/c1-17(26)16-27-15-14-24-10-12-25(13-11-24)22-18-6-2-4-8-20(18)28-21-9-5-3-7-19(21)23-22/h2-9,17,26H,10-16H2,1H3/i17D. The Balaban J connectivity index is 1.43. The molecule has 2 aliphatic heterocycles. The fourth-order valence-corrected chi connectivity index (χ4v) is 4.52. The maximum Gasteiger partial charge on any atom is 0.137 e. The molecular weight excluding hydrogens is 370 g/mol. The normalized spacial score (nSPS) is 19.7. The number of hydrogen-bond acceptors (Lipinski definition) is 6. The number of aliphatic imine (C=N–C) groups is 1. The first kappa shape index (κ1) is 18.2. The first-order valence-electron chi connectivity index (χ1n) is 10.2. The molecule has 0 radical (unpaired) electrons. The Morgan fingerprint density at radius 2 is 1.82 bits per heavy atom. The molecule has 148 valence electrons. The molecule has 1 atom stereocenters. The van der Waals surface area contributed by atoms with Crippen LogP contribution >= 0.6 is 11.8 Å². The third kappa shape index (κ3) is 4.58. The number of ether oxygens (including phenoxy) is 1. The van der Waals surface area contributed by atoms with Crippen LogP contribution in [0.2, 0.25) is 0 Å². The zero-order chi connectivity index (χ0) is 20.3. The van der Waals surface area contributed by atoms with E-state index < -0.39 is 6.08 Å². The largest absolute Gasteiger partial charge is 0.391 e. The van der Waals surface area contributed by atoms with Gasteiger partial charge in [-0.15, -0.1) is 0 Å². The van der Waals surface area contributed by atoms with Gasteiger partial charge in [-0.25, -0.2) is 4.99 Å². The summed E-state index contributed by atoms with van der Waals surface area (Å²) in [5, 5.41) is 9.41. The molecule has 6 heteroatoms. The van der Waals surface area contributed by atoms with Crippen LogP contribution in [-0.4, -0.2) is 72.8 Å². The summed E-state index contributed by atoms with van der Waals surface area (Å²) in [5.74, 6) is 1.05. The van der Waals surface area contributed by atoms with E-state index in [0.29, 0.717) is 6.61 Å². The number of benzene rings is 2. The molecule has 0 amide bonds. The van der Waals surface area contributed by atoms with E-state index in [1.54, 1.807) is 11.8 Å². The van der Waals surface area contributed by atoms with Gasteiger partial charge >= 0.3 is 0 Å². The molecule has 1 unspecified atom stereocenters. The molecule has 28 heavy (non-hydrogen) atoms. The summed E-state index contributed by atoms with van der Waals surface area (Å²) >= 11 is 1.78. The summed E-state index contributed by atoms with van der Waals surface area (Å²) in [6, 6.07) is 16.8. The van der Waals surface area contributed by atoms with E-state index in [9.17, 15) is 5.11 Å². The summed E-state index contributed by atoms with van der Waals surface area (Å²) in [6.45, 7) is 6.53. The third-order valence-electron chi connectivity index (χ3n) is 4.97. The zero-order valence-corrected chi connectivity index (χ0v) is 17.0. The van der Waals surface area contributed by atoms with Crippen LogP contribution in [0.15, 0.2) is 63.3 Å². The second-order valence-electron chi connectivity index (χ2n) is 7.12. The predicted octanol–water partition coefficient (Wildman–Crippen LogP) is 3.24. The van der Waals surface area contributed by atoms with E-state index >= 15 is 0 Å². The molecule has 2 heterocycles. The molecule has 2 aromatic carbocycles. The fourth-order valence-electron chi connectivity index (χ4n) is 3.51. The summed E-state index contributed by atoms with van der Waals surface area (Å²) in [5.41, 5.74) is 2.23. The van der Waals surface area contributed by atoms with Crippen LogP contribution in [0, 0.1) is 0 Å². The number of amidine groups is 1. The van der Waals surface area contributed by atoms with Gasteiger partial charge in [0.05, 0.1) is 26.4 Å². The number of hydrogen-bond donors (Lipinski definition) is 1. The highest BCUT2D eigenvalue weighted by Crippen LogP contribution is 2.40. The minimum absolute atomic E-state index is 0.0393. The molecule has 2 aliphatic rings. The van der Waals surface area contributed by atoms with Crippen molar-refractivity contribution in [1.29, 1.82) is 0 Å². The minimum Gasteiger partial charge on any atom is -0.391 e. The molecule has 0 bridgehead atoms. The van der Waals surface area contributed by atoms with E-state index in [2.05, 4.69) is 52.3 Å². The first-order chi connectivity index (χ1) is 14.0. The Kier molecular flexibility index (Phi) is 5.91. The topological polar surface area (TPSA) is 48.3 Å². The van der Waals surface area contributed by atoms with Crippen LogP contribution in [0.1, 0.15) is 13.9 Å². The van der Waals surface area contributed by atoms with Gasteiger partial charge < -0.3 is 14.7 Å². The SMILES string of the molecule is [2H]C(C)(O)COCCN1CCN(C2=Nc3ccccc3Sc3ccccc32)CC1. The van der Waals surface area contributed by atoms with E-state index in [1.165, 1.54) is 22.3 Å². The molecule has 0 aromatic heterocycles. The van der Waals surface area contributed by atoms with Gasteiger partial charge in [0.1, 0.15) is 5.84 Å². The fraction of sp³-hybridized carbons (Fsp3) is 0.409. The Labute approximate surface area is 172 Å². The average molecular weight is 399 g/mol. The summed E-state index contributed by atoms with van der Waals surface area (Å²) in [4.78, 5) is 12.2. The predicted molar refractivity (Wildman–Crippen MR) is 114 cm³/mol. The zero-order valence-electron chi connectivity index (χ0n) is 17.2. The Morgan fingerprint density at radius 3 is 2.61 bits per heavy atom. The summed E-state index contributed by atoms with van der Waals surface area (Å²) in [7, 11) is 0. The molecular formula is C22H27N3O2S. The van der Waals surface area contributed by atoms with Crippen molar-refractivity contribution < 1.29 is 11.2 Å². The van der Waals surface area contributed by atoms with Crippen molar-refractivity contribution in [3.8, 4) is 0 Å². The lowest BCUT2D eigenvalue weighted by atomic mass is 10.1. The van der Waals surface area contributed by atoms with Crippen LogP contribution in [0.25, 0.3) is 0 Å². The van der Waals surface area contributed by atoms with Crippen molar-refractivity contribution >= 4 is 23.3 Å². The number of nitrogens with zero attached hydrogens (tertiary/aromatic N) is 3. The van der Waals surface area contributed by atoms with Crippen molar-refractivity contribution in [1.82, 2.24) is 9.80 Å². The van der Waals surface area contributed by atoms with Crippen molar-refractivity contribution in [2.24, 2.45) is 4.99 Å². The van der Waals surface area contributed by atoms with Crippen molar-refractivity contribution in [2.45, 2.75) is 22.8 Å². The van der Waals surface area contributed by atoms with Crippen molar-refractivity contribution in [3.05, 3.63) is 54.1 Å². The van der Waals surface area contributed by atoms with E-state index in [-0.39, 0.29) is 6.61 Å². The molecule has 1 saturated heterocycles. The molecule has 1 N–H and O–H groups in total.